The van der Waals surface area contributed by atoms with Crippen LogP contribution in [0.25, 0.3) is 0 Å². The molecule has 0 radical (unpaired) electrons. The standard InChI is InChI=1S/C20H25N3OS/c1-16-6-5-9-18(12-16)22-20(25)21-13-19-15-23(10-11-24-19)14-17-7-3-2-4-8-17/h2-9,12,19H,10-11,13-15H2,1H3,(H2,21,22,25)/t19-/m0/s1. The number of aryl methyl sites for hydroxylation is 1. The summed E-state index contributed by atoms with van der Waals surface area (Å²) in [5.74, 6) is 0. The summed E-state index contributed by atoms with van der Waals surface area (Å²) >= 11 is 5.39. The minimum absolute atomic E-state index is 0.148. The molecule has 1 heterocycles. The van der Waals surface area contributed by atoms with E-state index in [-0.39, 0.29) is 6.10 Å². The molecule has 1 aliphatic rings. The third-order valence-corrected chi connectivity index (χ3v) is 4.48. The Morgan fingerprint density at radius 1 is 1.20 bits per heavy atom. The molecule has 0 unspecified atom stereocenters. The van der Waals surface area contributed by atoms with Crippen molar-refractivity contribution in [2.24, 2.45) is 0 Å². The summed E-state index contributed by atoms with van der Waals surface area (Å²) < 4.78 is 5.87. The summed E-state index contributed by atoms with van der Waals surface area (Å²) in [6.45, 7) is 6.39. The molecule has 5 heteroatoms. The maximum atomic E-state index is 5.87. The van der Waals surface area contributed by atoms with Gasteiger partial charge in [0.05, 0.1) is 12.7 Å². The molecule has 1 fully saturated rings. The largest absolute Gasteiger partial charge is 0.374 e. The second-order valence-electron chi connectivity index (χ2n) is 6.42. The Labute approximate surface area is 155 Å². The Kier molecular flexibility index (Phi) is 6.39. The zero-order valence-electron chi connectivity index (χ0n) is 14.6. The van der Waals surface area contributed by atoms with E-state index in [4.69, 9.17) is 17.0 Å². The van der Waals surface area contributed by atoms with E-state index in [0.29, 0.717) is 11.7 Å². The summed E-state index contributed by atoms with van der Waals surface area (Å²) in [4.78, 5) is 2.43. The molecule has 0 bridgehead atoms. The van der Waals surface area contributed by atoms with Crippen molar-refractivity contribution < 1.29 is 4.74 Å². The summed E-state index contributed by atoms with van der Waals surface area (Å²) in [6.07, 6.45) is 0.148. The van der Waals surface area contributed by atoms with Crippen LogP contribution in [0.1, 0.15) is 11.1 Å². The van der Waals surface area contributed by atoms with Crippen LogP contribution in [0.4, 0.5) is 5.69 Å². The van der Waals surface area contributed by atoms with Crippen molar-refractivity contribution in [1.82, 2.24) is 10.2 Å². The van der Waals surface area contributed by atoms with Crippen molar-refractivity contribution in [3.8, 4) is 0 Å². The van der Waals surface area contributed by atoms with Gasteiger partial charge in [0.1, 0.15) is 0 Å². The third kappa shape index (κ3) is 5.81. The molecular weight excluding hydrogens is 330 g/mol. The van der Waals surface area contributed by atoms with Gasteiger partial charge in [-0.2, -0.15) is 0 Å². The van der Waals surface area contributed by atoms with Crippen molar-refractivity contribution in [1.29, 1.82) is 0 Å². The SMILES string of the molecule is Cc1cccc(NC(=S)NC[C@H]2CN(Cc3ccccc3)CCO2)c1. The number of morpholine rings is 1. The smallest absolute Gasteiger partial charge is 0.170 e. The normalized spacial score (nSPS) is 17.9. The minimum atomic E-state index is 0.148. The van der Waals surface area contributed by atoms with Crippen LogP contribution in [-0.2, 0) is 11.3 Å². The maximum Gasteiger partial charge on any atom is 0.170 e. The molecule has 1 saturated heterocycles. The molecule has 2 aromatic carbocycles. The molecule has 1 atom stereocenters. The summed E-state index contributed by atoms with van der Waals surface area (Å²) in [6, 6.07) is 18.7. The minimum Gasteiger partial charge on any atom is -0.374 e. The Morgan fingerprint density at radius 2 is 2.04 bits per heavy atom. The molecule has 2 N–H and O–H groups in total. The van der Waals surface area contributed by atoms with Crippen LogP contribution in [0.5, 0.6) is 0 Å². The Bertz CT molecular complexity index is 692. The zero-order valence-corrected chi connectivity index (χ0v) is 15.4. The van der Waals surface area contributed by atoms with E-state index in [0.717, 1.165) is 31.9 Å². The molecule has 4 nitrogen and oxygen atoms in total. The first kappa shape index (κ1) is 17.9. The van der Waals surface area contributed by atoms with E-state index in [2.05, 4.69) is 64.9 Å². The number of hydrogen-bond donors (Lipinski definition) is 2. The predicted octanol–water partition coefficient (Wildman–Crippen LogP) is 3.18. The van der Waals surface area contributed by atoms with Crippen LogP contribution >= 0.6 is 12.2 Å². The second kappa shape index (κ2) is 8.94. The molecule has 132 valence electrons. The van der Waals surface area contributed by atoms with Crippen molar-refractivity contribution >= 4 is 23.0 Å². The Hall–Kier alpha value is -1.95. The van der Waals surface area contributed by atoms with Crippen LogP contribution < -0.4 is 10.6 Å². The Balaban J connectivity index is 1.44. The molecule has 0 saturated carbocycles. The molecule has 0 amide bonds. The fourth-order valence-electron chi connectivity index (χ4n) is 2.99. The predicted molar refractivity (Wildman–Crippen MR) is 107 cm³/mol. The average Bonchev–Trinajstić information content (AvgIpc) is 2.61. The molecule has 0 aromatic heterocycles. The first-order valence-electron chi connectivity index (χ1n) is 8.68. The van der Waals surface area contributed by atoms with Crippen molar-refractivity contribution in [3.63, 3.8) is 0 Å². The van der Waals surface area contributed by atoms with Gasteiger partial charge in [-0.05, 0) is 42.4 Å². The number of nitrogens with zero attached hydrogens (tertiary/aromatic N) is 1. The van der Waals surface area contributed by atoms with Gasteiger partial charge in [0.25, 0.3) is 0 Å². The molecule has 0 spiro atoms. The van der Waals surface area contributed by atoms with E-state index in [1.807, 2.05) is 12.1 Å². The fraction of sp³-hybridized carbons (Fsp3) is 0.350. The number of rotatable bonds is 5. The average molecular weight is 356 g/mol. The first-order valence-corrected chi connectivity index (χ1v) is 9.09. The van der Waals surface area contributed by atoms with Crippen LogP contribution in [0.3, 0.4) is 0 Å². The highest BCUT2D eigenvalue weighted by Gasteiger charge is 2.20. The van der Waals surface area contributed by atoms with E-state index in [1.165, 1.54) is 11.1 Å². The molecule has 1 aliphatic heterocycles. The van der Waals surface area contributed by atoms with Crippen molar-refractivity contribution in [2.45, 2.75) is 19.6 Å². The molecular formula is C20H25N3OS. The lowest BCUT2D eigenvalue weighted by molar-refractivity contribution is -0.0279. The number of thiocarbonyl (C=S) groups is 1. The van der Waals surface area contributed by atoms with Crippen LogP contribution in [0.2, 0.25) is 0 Å². The van der Waals surface area contributed by atoms with Gasteiger partial charge in [-0.3, -0.25) is 4.90 Å². The summed E-state index contributed by atoms with van der Waals surface area (Å²) in [7, 11) is 0. The molecule has 3 rings (SSSR count). The van der Waals surface area contributed by atoms with Gasteiger partial charge < -0.3 is 15.4 Å². The first-order chi connectivity index (χ1) is 12.2. The van der Waals surface area contributed by atoms with Gasteiger partial charge in [-0.25, -0.2) is 0 Å². The van der Waals surface area contributed by atoms with Gasteiger partial charge in [0.2, 0.25) is 0 Å². The topological polar surface area (TPSA) is 36.5 Å². The van der Waals surface area contributed by atoms with Gasteiger partial charge in [-0.1, -0.05) is 42.5 Å². The summed E-state index contributed by atoms with van der Waals surface area (Å²) in [5, 5.41) is 7.13. The molecule has 2 aromatic rings. The van der Waals surface area contributed by atoms with Crippen molar-refractivity contribution in [3.05, 3.63) is 65.7 Å². The summed E-state index contributed by atoms with van der Waals surface area (Å²) in [5.41, 5.74) is 3.56. The molecule has 0 aliphatic carbocycles. The number of anilines is 1. The van der Waals surface area contributed by atoms with Crippen LogP contribution in [0.15, 0.2) is 54.6 Å². The lowest BCUT2D eigenvalue weighted by atomic mass is 10.2. The van der Waals surface area contributed by atoms with Crippen molar-refractivity contribution in [2.75, 3.05) is 31.6 Å². The quantitative estimate of drug-likeness (QED) is 0.806. The highest BCUT2D eigenvalue weighted by Crippen LogP contribution is 2.11. The number of benzene rings is 2. The fourth-order valence-corrected chi connectivity index (χ4v) is 3.19. The number of hydrogen-bond acceptors (Lipinski definition) is 3. The van der Waals surface area contributed by atoms with Crippen LogP contribution in [0, 0.1) is 6.92 Å². The van der Waals surface area contributed by atoms with Gasteiger partial charge in [0.15, 0.2) is 5.11 Å². The Morgan fingerprint density at radius 3 is 2.84 bits per heavy atom. The lowest BCUT2D eigenvalue weighted by Gasteiger charge is -2.33. The van der Waals surface area contributed by atoms with Gasteiger partial charge in [-0.15, -0.1) is 0 Å². The highest BCUT2D eigenvalue weighted by molar-refractivity contribution is 7.80. The number of nitrogens with one attached hydrogen (secondary N) is 2. The van der Waals surface area contributed by atoms with Crippen LogP contribution in [-0.4, -0.2) is 42.4 Å². The van der Waals surface area contributed by atoms with E-state index >= 15 is 0 Å². The van der Waals surface area contributed by atoms with E-state index in [1.54, 1.807) is 0 Å². The van der Waals surface area contributed by atoms with Gasteiger partial charge >= 0.3 is 0 Å². The van der Waals surface area contributed by atoms with E-state index in [9.17, 15) is 0 Å². The monoisotopic (exact) mass is 355 g/mol. The highest BCUT2D eigenvalue weighted by atomic mass is 32.1. The third-order valence-electron chi connectivity index (χ3n) is 4.24. The second-order valence-corrected chi connectivity index (χ2v) is 6.83. The zero-order chi connectivity index (χ0) is 17.5. The van der Waals surface area contributed by atoms with E-state index < -0.39 is 0 Å². The lowest BCUT2D eigenvalue weighted by Crippen LogP contribution is -2.47. The maximum absolute atomic E-state index is 5.87. The number of ether oxygens (including phenoxy) is 1. The van der Waals surface area contributed by atoms with Gasteiger partial charge in [0, 0.05) is 31.9 Å². The molecule has 25 heavy (non-hydrogen) atoms.